The zero-order chi connectivity index (χ0) is 19.0. The van der Waals surface area contributed by atoms with E-state index in [0.29, 0.717) is 5.56 Å². The summed E-state index contributed by atoms with van der Waals surface area (Å²) >= 11 is 0. The van der Waals surface area contributed by atoms with E-state index in [9.17, 15) is 4.79 Å². The summed E-state index contributed by atoms with van der Waals surface area (Å²) in [4.78, 5) is 12.4. The highest BCUT2D eigenvalue weighted by molar-refractivity contribution is 6.04. The second-order valence-electron chi connectivity index (χ2n) is 7.71. The van der Waals surface area contributed by atoms with Crippen molar-refractivity contribution in [3.63, 3.8) is 0 Å². The lowest BCUT2D eigenvalue weighted by Gasteiger charge is -2.19. The Morgan fingerprint density at radius 3 is 2.15 bits per heavy atom. The van der Waals surface area contributed by atoms with Gasteiger partial charge in [0.25, 0.3) is 5.91 Å². The Morgan fingerprint density at radius 1 is 0.923 bits per heavy atom. The van der Waals surface area contributed by atoms with Crippen LogP contribution in [0.3, 0.4) is 0 Å². The monoisotopic (exact) mass is 353 g/mol. The van der Waals surface area contributed by atoms with E-state index in [1.807, 2.05) is 48.5 Å². The molecule has 0 unspecified atom stereocenters. The fourth-order valence-corrected chi connectivity index (χ4v) is 2.68. The number of carbonyl (C=O) groups excluding carboxylic acids is 1. The molecule has 0 aliphatic carbocycles. The van der Waals surface area contributed by atoms with Crippen molar-refractivity contribution in [1.29, 1.82) is 0 Å². The summed E-state index contributed by atoms with van der Waals surface area (Å²) in [6, 6.07) is 15.4. The number of hydrogen-bond acceptors (Lipinski definition) is 2. The third kappa shape index (κ3) is 6.21. The lowest BCUT2D eigenvalue weighted by molar-refractivity contribution is 0.102. The molecule has 2 aromatic rings. The number of benzene rings is 2. The molecule has 26 heavy (non-hydrogen) atoms. The normalized spacial score (nSPS) is 11.2. The maximum atomic E-state index is 12.4. The average Bonchev–Trinajstić information content (AvgIpc) is 2.62. The Balaban J connectivity index is 1.87. The molecular formula is C23H31NO2. The van der Waals surface area contributed by atoms with Crippen LogP contribution >= 0.6 is 0 Å². The van der Waals surface area contributed by atoms with Gasteiger partial charge >= 0.3 is 0 Å². The summed E-state index contributed by atoms with van der Waals surface area (Å²) in [6.07, 6.45) is 4.77. The summed E-state index contributed by atoms with van der Waals surface area (Å²) in [5.74, 6) is 0.743. The number of rotatable bonds is 8. The van der Waals surface area contributed by atoms with Crippen LogP contribution in [0.2, 0.25) is 0 Å². The van der Waals surface area contributed by atoms with Crippen LogP contribution in [0.5, 0.6) is 5.75 Å². The first kappa shape index (κ1) is 20.0. The van der Waals surface area contributed by atoms with Crippen molar-refractivity contribution in [2.24, 2.45) is 0 Å². The Labute approximate surface area is 157 Å². The molecule has 3 heteroatoms. The van der Waals surface area contributed by atoms with E-state index in [1.165, 1.54) is 24.8 Å². The third-order valence-electron chi connectivity index (χ3n) is 4.39. The van der Waals surface area contributed by atoms with Gasteiger partial charge in [-0.25, -0.2) is 0 Å². The molecule has 0 heterocycles. The van der Waals surface area contributed by atoms with Gasteiger partial charge in [-0.1, -0.05) is 59.1 Å². The van der Waals surface area contributed by atoms with Crippen LogP contribution in [0, 0.1) is 0 Å². The number of ether oxygens (including phenoxy) is 1. The third-order valence-corrected chi connectivity index (χ3v) is 4.39. The van der Waals surface area contributed by atoms with Crippen LogP contribution < -0.4 is 10.1 Å². The zero-order valence-corrected chi connectivity index (χ0v) is 16.5. The molecule has 1 amide bonds. The number of nitrogens with one attached hydrogen (secondary N) is 1. The standard InChI is InChI=1S/C23H31NO2/c1-5-6-7-8-17-26-21-15-13-20(14-16-21)24-22(25)18-9-11-19(12-10-18)23(2,3)4/h9-16H,5-8,17H2,1-4H3,(H,24,25). The van der Waals surface area contributed by atoms with Gasteiger partial charge in [0.15, 0.2) is 0 Å². The number of unbranched alkanes of at least 4 members (excludes halogenated alkanes) is 3. The molecule has 140 valence electrons. The summed E-state index contributed by atoms with van der Waals surface area (Å²) < 4.78 is 5.73. The molecule has 0 radical (unpaired) electrons. The van der Waals surface area contributed by atoms with Gasteiger partial charge in [0, 0.05) is 11.3 Å². The number of anilines is 1. The lowest BCUT2D eigenvalue weighted by Crippen LogP contribution is -2.14. The first-order valence-electron chi connectivity index (χ1n) is 9.55. The van der Waals surface area contributed by atoms with E-state index in [1.54, 1.807) is 0 Å². The van der Waals surface area contributed by atoms with Crippen molar-refractivity contribution in [2.45, 2.75) is 58.8 Å². The Kier molecular flexibility index (Phi) is 7.26. The van der Waals surface area contributed by atoms with E-state index >= 15 is 0 Å². The minimum absolute atomic E-state index is 0.0847. The van der Waals surface area contributed by atoms with Gasteiger partial charge < -0.3 is 10.1 Å². The van der Waals surface area contributed by atoms with Gasteiger partial charge in [0.05, 0.1) is 6.61 Å². The van der Waals surface area contributed by atoms with Gasteiger partial charge in [-0.2, -0.15) is 0 Å². The Bertz CT molecular complexity index is 682. The van der Waals surface area contributed by atoms with Crippen LogP contribution in [0.1, 0.15) is 69.3 Å². The van der Waals surface area contributed by atoms with Crippen LogP contribution in [-0.4, -0.2) is 12.5 Å². The van der Waals surface area contributed by atoms with Gasteiger partial charge in [0.1, 0.15) is 5.75 Å². The molecule has 2 aromatic carbocycles. The topological polar surface area (TPSA) is 38.3 Å². The first-order chi connectivity index (χ1) is 12.4. The molecule has 0 fully saturated rings. The SMILES string of the molecule is CCCCCCOc1ccc(NC(=O)c2ccc(C(C)(C)C)cc2)cc1. The minimum Gasteiger partial charge on any atom is -0.494 e. The lowest BCUT2D eigenvalue weighted by atomic mass is 9.87. The molecule has 3 nitrogen and oxygen atoms in total. The van der Waals surface area contributed by atoms with E-state index in [2.05, 4.69) is 33.0 Å². The molecular weight excluding hydrogens is 322 g/mol. The van der Waals surface area contributed by atoms with Crippen molar-refractivity contribution in [3.05, 3.63) is 59.7 Å². The molecule has 0 atom stereocenters. The van der Waals surface area contributed by atoms with Crippen molar-refractivity contribution in [2.75, 3.05) is 11.9 Å². The Morgan fingerprint density at radius 2 is 1.58 bits per heavy atom. The molecule has 0 aromatic heterocycles. The number of carbonyl (C=O) groups is 1. The molecule has 0 saturated carbocycles. The molecule has 0 bridgehead atoms. The van der Waals surface area contributed by atoms with Crippen LogP contribution in [0.15, 0.2) is 48.5 Å². The first-order valence-corrected chi connectivity index (χ1v) is 9.55. The van der Waals surface area contributed by atoms with Crippen LogP contribution in [-0.2, 0) is 5.41 Å². The van der Waals surface area contributed by atoms with Crippen molar-refractivity contribution in [1.82, 2.24) is 0 Å². The molecule has 1 N–H and O–H groups in total. The zero-order valence-electron chi connectivity index (χ0n) is 16.5. The average molecular weight is 354 g/mol. The maximum Gasteiger partial charge on any atom is 0.255 e. The molecule has 0 aliphatic rings. The highest BCUT2D eigenvalue weighted by Crippen LogP contribution is 2.23. The fourth-order valence-electron chi connectivity index (χ4n) is 2.68. The summed E-state index contributed by atoms with van der Waals surface area (Å²) in [5, 5.41) is 2.93. The second-order valence-corrected chi connectivity index (χ2v) is 7.71. The highest BCUT2D eigenvalue weighted by Gasteiger charge is 2.14. The van der Waals surface area contributed by atoms with Crippen LogP contribution in [0.25, 0.3) is 0 Å². The van der Waals surface area contributed by atoms with Crippen molar-refractivity contribution < 1.29 is 9.53 Å². The van der Waals surface area contributed by atoms with Gasteiger partial charge in [-0.15, -0.1) is 0 Å². The quantitative estimate of drug-likeness (QED) is 0.574. The van der Waals surface area contributed by atoms with Gasteiger partial charge in [-0.3, -0.25) is 4.79 Å². The summed E-state index contributed by atoms with van der Waals surface area (Å²) in [6.45, 7) is 9.43. The van der Waals surface area contributed by atoms with E-state index in [-0.39, 0.29) is 11.3 Å². The maximum absolute atomic E-state index is 12.4. The predicted molar refractivity (Wildman–Crippen MR) is 109 cm³/mol. The largest absolute Gasteiger partial charge is 0.494 e. The minimum atomic E-state index is -0.0984. The van der Waals surface area contributed by atoms with E-state index in [0.717, 1.165) is 24.5 Å². The molecule has 0 spiro atoms. The molecule has 0 saturated heterocycles. The summed E-state index contributed by atoms with van der Waals surface area (Å²) in [7, 11) is 0. The van der Waals surface area contributed by atoms with Crippen molar-refractivity contribution >= 4 is 11.6 Å². The molecule has 2 rings (SSSR count). The number of hydrogen-bond donors (Lipinski definition) is 1. The highest BCUT2D eigenvalue weighted by atomic mass is 16.5. The Hall–Kier alpha value is -2.29. The van der Waals surface area contributed by atoms with E-state index in [4.69, 9.17) is 4.74 Å². The van der Waals surface area contributed by atoms with Gasteiger partial charge in [0.2, 0.25) is 0 Å². The van der Waals surface area contributed by atoms with Gasteiger partial charge in [-0.05, 0) is 53.8 Å². The summed E-state index contributed by atoms with van der Waals surface area (Å²) in [5.41, 5.74) is 2.73. The van der Waals surface area contributed by atoms with Crippen LogP contribution in [0.4, 0.5) is 5.69 Å². The fraction of sp³-hybridized carbons (Fsp3) is 0.435. The number of amides is 1. The van der Waals surface area contributed by atoms with Crippen molar-refractivity contribution in [3.8, 4) is 5.75 Å². The predicted octanol–water partition coefficient (Wildman–Crippen LogP) is 6.20. The second kappa shape index (κ2) is 9.42. The molecule has 0 aliphatic heterocycles. The smallest absolute Gasteiger partial charge is 0.255 e. The van der Waals surface area contributed by atoms with E-state index < -0.39 is 0 Å².